The van der Waals surface area contributed by atoms with Crippen LogP contribution in [-0.2, 0) is 4.79 Å². The average Bonchev–Trinajstić information content (AvgIpc) is 2.81. The Balaban J connectivity index is 2.03. The molecule has 1 aromatic carbocycles. The van der Waals surface area contributed by atoms with Crippen LogP contribution in [0.25, 0.3) is 0 Å². The Labute approximate surface area is 109 Å². The lowest BCUT2D eigenvalue weighted by atomic mass is 10.2. The van der Waals surface area contributed by atoms with Crippen molar-refractivity contribution in [1.82, 2.24) is 4.90 Å². The first-order valence-electron chi connectivity index (χ1n) is 5.53. The van der Waals surface area contributed by atoms with Crippen molar-refractivity contribution in [3.05, 3.63) is 29.8 Å². The highest BCUT2D eigenvalue weighted by Crippen LogP contribution is 2.22. The fourth-order valence-electron chi connectivity index (χ4n) is 1.68. The summed E-state index contributed by atoms with van der Waals surface area (Å²) in [4.78, 5) is 24.3. The molecule has 1 aliphatic rings. The van der Waals surface area contributed by atoms with Gasteiger partial charge in [0.2, 0.25) is 0 Å². The molecule has 1 unspecified atom stereocenters. The van der Waals surface area contributed by atoms with Crippen LogP contribution in [0.4, 0.5) is 10.5 Å². The number of hydrogen-bond donors (Lipinski definition) is 2. The summed E-state index contributed by atoms with van der Waals surface area (Å²) in [7, 11) is 0. The summed E-state index contributed by atoms with van der Waals surface area (Å²) < 4.78 is 0. The highest BCUT2D eigenvalue weighted by atomic mass is 32.2. The Hall–Kier alpha value is -1.69. The average molecular weight is 266 g/mol. The molecule has 0 aliphatic carbocycles. The van der Waals surface area contributed by atoms with E-state index in [0.717, 1.165) is 5.56 Å². The minimum absolute atomic E-state index is 0.365. The second-order valence-electron chi connectivity index (χ2n) is 4.12. The van der Waals surface area contributed by atoms with Gasteiger partial charge in [-0.2, -0.15) is 0 Å². The molecular formula is C12H14N2O3S. The molecule has 0 radical (unpaired) electrons. The van der Waals surface area contributed by atoms with Gasteiger partial charge in [-0.05, 0) is 19.1 Å². The van der Waals surface area contributed by atoms with Gasteiger partial charge in [0, 0.05) is 11.4 Å². The smallest absolute Gasteiger partial charge is 0.327 e. The topological polar surface area (TPSA) is 69.6 Å². The summed E-state index contributed by atoms with van der Waals surface area (Å²) in [5.41, 5.74) is 1.78. The number of amides is 2. The van der Waals surface area contributed by atoms with E-state index < -0.39 is 12.0 Å². The highest BCUT2D eigenvalue weighted by Gasteiger charge is 2.34. The molecule has 96 valence electrons. The van der Waals surface area contributed by atoms with Crippen molar-refractivity contribution in [2.24, 2.45) is 0 Å². The van der Waals surface area contributed by atoms with E-state index in [1.165, 1.54) is 16.7 Å². The zero-order valence-corrected chi connectivity index (χ0v) is 10.7. The zero-order valence-electron chi connectivity index (χ0n) is 9.92. The molecule has 0 saturated carbocycles. The molecule has 2 rings (SSSR count). The van der Waals surface area contributed by atoms with E-state index in [2.05, 4.69) is 5.32 Å². The molecule has 0 spiro atoms. The highest BCUT2D eigenvalue weighted by molar-refractivity contribution is 7.99. The van der Waals surface area contributed by atoms with Crippen LogP contribution < -0.4 is 5.32 Å². The van der Waals surface area contributed by atoms with Crippen molar-refractivity contribution < 1.29 is 14.7 Å². The minimum atomic E-state index is -0.959. The van der Waals surface area contributed by atoms with E-state index in [0.29, 0.717) is 17.3 Å². The quantitative estimate of drug-likeness (QED) is 0.859. The minimum Gasteiger partial charge on any atom is -0.480 e. The maximum atomic E-state index is 12.0. The molecule has 0 aromatic heterocycles. The molecule has 1 heterocycles. The predicted molar refractivity (Wildman–Crippen MR) is 70.8 cm³/mol. The Morgan fingerprint density at radius 1 is 1.39 bits per heavy atom. The molecule has 18 heavy (non-hydrogen) atoms. The maximum Gasteiger partial charge on any atom is 0.327 e. The number of carboxylic acid groups (broad SMARTS) is 1. The largest absolute Gasteiger partial charge is 0.480 e. The van der Waals surface area contributed by atoms with E-state index in [4.69, 9.17) is 5.11 Å². The van der Waals surface area contributed by atoms with Crippen LogP contribution in [0.1, 0.15) is 5.56 Å². The first-order chi connectivity index (χ1) is 8.58. The maximum absolute atomic E-state index is 12.0. The van der Waals surface area contributed by atoms with E-state index in [9.17, 15) is 9.59 Å². The van der Waals surface area contributed by atoms with Crippen LogP contribution in [0, 0.1) is 6.92 Å². The van der Waals surface area contributed by atoms with Crippen molar-refractivity contribution in [2.45, 2.75) is 13.0 Å². The number of aryl methyl sites for hydroxylation is 1. The van der Waals surface area contributed by atoms with Gasteiger partial charge in [0.05, 0.1) is 5.88 Å². The number of carboxylic acids is 1. The van der Waals surface area contributed by atoms with Crippen LogP contribution in [0.15, 0.2) is 24.3 Å². The molecular weight excluding hydrogens is 252 g/mol. The number of hydrogen-bond acceptors (Lipinski definition) is 3. The van der Waals surface area contributed by atoms with E-state index >= 15 is 0 Å². The summed E-state index contributed by atoms with van der Waals surface area (Å²) in [5, 5.41) is 11.7. The molecule has 1 fully saturated rings. The number of urea groups is 1. The lowest BCUT2D eigenvalue weighted by molar-refractivity contribution is -0.140. The fourth-order valence-corrected chi connectivity index (χ4v) is 2.82. The summed E-state index contributed by atoms with van der Waals surface area (Å²) >= 11 is 1.44. The first kappa shape index (κ1) is 12.8. The number of nitrogens with one attached hydrogen (secondary N) is 1. The number of nitrogens with zero attached hydrogens (tertiary/aromatic N) is 1. The summed E-state index contributed by atoms with van der Waals surface area (Å²) in [6.07, 6.45) is 0. The van der Waals surface area contributed by atoms with Crippen LogP contribution in [-0.4, -0.2) is 39.7 Å². The molecule has 0 bridgehead atoms. The number of anilines is 1. The second kappa shape index (κ2) is 5.30. The number of thioether (sulfide) groups is 1. The van der Waals surface area contributed by atoms with E-state index in [-0.39, 0.29) is 6.03 Å². The third-order valence-corrected chi connectivity index (χ3v) is 3.74. The Morgan fingerprint density at radius 2 is 2.06 bits per heavy atom. The van der Waals surface area contributed by atoms with Gasteiger partial charge in [0.1, 0.15) is 6.04 Å². The van der Waals surface area contributed by atoms with Crippen LogP contribution in [0.5, 0.6) is 0 Å². The number of benzene rings is 1. The lowest BCUT2D eigenvalue weighted by Crippen LogP contribution is -2.43. The molecule has 1 saturated heterocycles. The molecule has 1 aliphatic heterocycles. The van der Waals surface area contributed by atoms with Gasteiger partial charge in [0.25, 0.3) is 0 Å². The fraction of sp³-hybridized carbons (Fsp3) is 0.333. The Bertz CT molecular complexity index is 461. The van der Waals surface area contributed by atoms with E-state index in [1.807, 2.05) is 19.1 Å². The van der Waals surface area contributed by atoms with Gasteiger partial charge < -0.3 is 15.3 Å². The number of rotatable bonds is 2. The number of carbonyl (C=O) groups excluding carboxylic acids is 1. The molecule has 1 atom stereocenters. The van der Waals surface area contributed by atoms with E-state index in [1.54, 1.807) is 12.1 Å². The zero-order chi connectivity index (χ0) is 13.1. The molecule has 2 amide bonds. The molecule has 6 heteroatoms. The van der Waals surface area contributed by atoms with Gasteiger partial charge in [-0.3, -0.25) is 0 Å². The van der Waals surface area contributed by atoms with Gasteiger partial charge in [-0.1, -0.05) is 17.7 Å². The third kappa shape index (κ3) is 2.76. The normalized spacial score (nSPS) is 18.7. The van der Waals surface area contributed by atoms with Crippen molar-refractivity contribution in [3.8, 4) is 0 Å². The molecule has 1 aromatic rings. The van der Waals surface area contributed by atoms with Crippen LogP contribution >= 0.6 is 11.8 Å². The number of carbonyl (C=O) groups is 2. The van der Waals surface area contributed by atoms with Gasteiger partial charge in [0.15, 0.2) is 0 Å². The summed E-state index contributed by atoms with van der Waals surface area (Å²) in [5.74, 6) is -0.107. The SMILES string of the molecule is Cc1ccc(NC(=O)N2CSCC2C(=O)O)cc1. The van der Waals surface area contributed by atoms with Crippen LogP contribution in [0.3, 0.4) is 0 Å². The summed E-state index contributed by atoms with van der Waals surface area (Å²) in [6.45, 7) is 1.96. The standard InChI is InChI=1S/C12H14N2O3S/c1-8-2-4-9(5-3-8)13-12(17)14-7-18-6-10(14)11(15)16/h2-5,10H,6-7H2,1H3,(H,13,17)(H,15,16). The van der Waals surface area contributed by atoms with Gasteiger partial charge >= 0.3 is 12.0 Å². The van der Waals surface area contributed by atoms with Crippen molar-refractivity contribution in [2.75, 3.05) is 16.9 Å². The van der Waals surface area contributed by atoms with Crippen LogP contribution in [0.2, 0.25) is 0 Å². The van der Waals surface area contributed by atoms with Gasteiger partial charge in [-0.25, -0.2) is 9.59 Å². The predicted octanol–water partition coefficient (Wildman–Crippen LogP) is 1.99. The van der Waals surface area contributed by atoms with Gasteiger partial charge in [-0.15, -0.1) is 11.8 Å². The molecule has 5 nitrogen and oxygen atoms in total. The lowest BCUT2D eigenvalue weighted by Gasteiger charge is -2.20. The summed E-state index contributed by atoms with van der Waals surface area (Å²) in [6, 6.07) is 6.28. The third-order valence-electron chi connectivity index (χ3n) is 2.73. The first-order valence-corrected chi connectivity index (χ1v) is 6.68. The van der Waals surface area contributed by atoms with Crippen molar-refractivity contribution in [3.63, 3.8) is 0 Å². The molecule has 2 N–H and O–H groups in total. The number of aliphatic carboxylic acids is 1. The Kier molecular flexibility index (Phi) is 3.76. The van der Waals surface area contributed by atoms with Crippen molar-refractivity contribution in [1.29, 1.82) is 0 Å². The van der Waals surface area contributed by atoms with Crippen molar-refractivity contribution >= 4 is 29.4 Å². The monoisotopic (exact) mass is 266 g/mol. The second-order valence-corrected chi connectivity index (χ2v) is 5.12. The Morgan fingerprint density at radius 3 is 2.67 bits per heavy atom.